The van der Waals surface area contributed by atoms with E-state index in [1.54, 1.807) is 29.2 Å². The van der Waals surface area contributed by atoms with Crippen LogP contribution in [0.25, 0.3) is 0 Å². The fraction of sp³-hybridized carbons (Fsp3) is 0.429. The molecule has 0 heterocycles. The molecule has 0 spiro atoms. The molecule has 1 saturated carbocycles. The van der Waals surface area contributed by atoms with Crippen molar-refractivity contribution in [2.24, 2.45) is 5.92 Å². The molecular weight excluding hydrogens is 248 g/mol. The van der Waals surface area contributed by atoms with Crippen molar-refractivity contribution in [1.82, 2.24) is 4.90 Å². The van der Waals surface area contributed by atoms with Gasteiger partial charge in [-0.1, -0.05) is 0 Å². The number of halogens is 1. The molecule has 0 aliphatic heterocycles. The van der Waals surface area contributed by atoms with Crippen molar-refractivity contribution in [3.05, 3.63) is 35.4 Å². The Balaban J connectivity index is 1.95. The summed E-state index contributed by atoms with van der Waals surface area (Å²) >= 11 is 5.92. The third kappa shape index (κ3) is 2.83. The smallest absolute Gasteiger partial charge is 0.253 e. The molecule has 1 aliphatic rings. The van der Waals surface area contributed by atoms with Gasteiger partial charge in [0.25, 0.3) is 5.91 Å². The minimum atomic E-state index is -0.00230. The van der Waals surface area contributed by atoms with Crippen LogP contribution in [0.15, 0.2) is 24.3 Å². The Morgan fingerprint density at radius 1 is 1.44 bits per heavy atom. The zero-order chi connectivity index (χ0) is 13.1. The summed E-state index contributed by atoms with van der Waals surface area (Å²) < 4.78 is 0. The second-order valence-corrected chi connectivity index (χ2v) is 5.43. The fourth-order valence-corrected chi connectivity index (χ4v) is 2.69. The van der Waals surface area contributed by atoms with E-state index in [0.29, 0.717) is 17.0 Å². The van der Waals surface area contributed by atoms with E-state index in [0.717, 1.165) is 19.4 Å². The Hall–Kier alpha value is -1.53. The highest BCUT2D eigenvalue weighted by Gasteiger charge is 2.29. The molecule has 2 rings (SSSR count). The average molecular weight is 263 g/mol. The highest BCUT2D eigenvalue weighted by Crippen LogP contribution is 2.32. The third-order valence-corrected chi connectivity index (χ3v) is 3.67. The molecule has 94 valence electrons. The van der Waals surface area contributed by atoms with Gasteiger partial charge >= 0.3 is 0 Å². The van der Waals surface area contributed by atoms with Crippen LogP contribution in [0, 0.1) is 17.2 Å². The van der Waals surface area contributed by atoms with Crippen molar-refractivity contribution in [1.29, 1.82) is 5.26 Å². The molecule has 0 radical (unpaired) electrons. The second kappa shape index (κ2) is 5.41. The van der Waals surface area contributed by atoms with Gasteiger partial charge in [-0.3, -0.25) is 4.79 Å². The first-order chi connectivity index (χ1) is 8.60. The Labute approximate surface area is 112 Å². The van der Waals surface area contributed by atoms with E-state index < -0.39 is 0 Å². The lowest BCUT2D eigenvalue weighted by Crippen LogP contribution is -2.37. The van der Waals surface area contributed by atoms with Crippen LogP contribution < -0.4 is 0 Å². The largest absolute Gasteiger partial charge is 0.341 e. The number of carbonyl (C=O) groups is 1. The molecule has 0 N–H and O–H groups in total. The predicted molar refractivity (Wildman–Crippen MR) is 70.5 cm³/mol. The van der Waals surface area contributed by atoms with E-state index in [1.165, 1.54) is 0 Å². The Bertz CT molecular complexity index is 472. The van der Waals surface area contributed by atoms with E-state index in [2.05, 4.69) is 0 Å². The van der Waals surface area contributed by atoms with Crippen molar-refractivity contribution in [2.45, 2.75) is 18.2 Å². The molecule has 18 heavy (non-hydrogen) atoms. The number of nitrogens with zero attached hydrogens (tertiary/aromatic N) is 2. The third-order valence-electron chi connectivity index (χ3n) is 3.32. The number of alkyl halides is 1. The number of amides is 1. The first-order valence-corrected chi connectivity index (χ1v) is 6.43. The van der Waals surface area contributed by atoms with Crippen molar-refractivity contribution in [2.75, 3.05) is 13.6 Å². The van der Waals surface area contributed by atoms with Gasteiger partial charge in [0.1, 0.15) is 0 Å². The Morgan fingerprint density at radius 2 is 2.06 bits per heavy atom. The summed E-state index contributed by atoms with van der Waals surface area (Å²) in [5, 5.41) is 8.99. The number of hydrogen-bond acceptors (Lipinski definition) is 2. The lowest BCUT2D eigenvalue weighted by atomic mass is 9.84. The van der Waals surface area contributed by atoms with Gasteiger partial charge < -0.3 is 4.90 Å². The molecule has 0 aromatic heterocycles. The summed E-state index contributed by atoms with van der Waals surface area (Å²) in [6, 6.07) is 8.76. The molecule has 1 aliphatic carbocycles. The van der Waals surface area contributed by atoms with E-state index >= 15 is 0 Å². The molecule has 1 aromatic carbocycles. The SMILES string of the molecule is CN(CC1CC(Cl)C1)C(=O)c1ccc(C#N)cc1. The topological polar surface area (TPSA) is 44.1 Å². The van der Waals surface area contributed by atoms with Crippen molar-refractivity contribution >= 4 is 17.5 Å². The van der Waals surface area contributed by atoms with E-state index in [9.17, 15) is 4.79 Å². The molecule has 0 bridgehead atoms. The van der Waals surface area contributed by atoms with Crippen LogP contribution >= 0.6 is 11.6 Å². The first kappa shape index (κ1) is 12.9. The maximum absolute atomic E-state index is 12.1. The number of nitriles is 1. The highest BCUT2D eigenvalue weighted by molar-refractivity contribution is 6.21. The van der Waals surface area contributed by atoms with Gasteiger partial charge in [0.15, 0.2) is 0 Å². The first-order valence-electron chi connectivity index (χ1n) is 6.00. The van der Waals surface area contributed by atoms with Gasteiger partial charge in [0.2, 0.25) is 0 Å². The van der Waals surface area contributed by atoms with Crippen LogP contribution in [0.2, 0.25) is 0 Å². The molecule has 0 unspecified atom stereocenters. The molecule has 1 aromatic rings. The molecular formula is C14H15ClN2O. The van der Waals surface area contributed by atoms with Crippen LogP contribution in [0.5, 0.6) is 0 Å². The van der Waals surface area contributed by atoms with Gasteiger partial charge in [0, 0.05) is 24.5 Å². The quantitative estimate of drug-likeness (QED) is 0.786. The van der Waals surface area contributed by atoms with Gasteiger partial charge in [-0.15, -0.1) is 11.6 Å². The van der Waals surface area contributed by atoms with Gasteiger partial charge in [-0.25, -0.2) is 0 Å². The van der Waals surface area contributed by atoms with Crippen LogP contribution in [0.3, 0.4) is 0 Å². The van der Waals surface area contributed by atoms with Crippen LogP contribution in [0.1, 0.15) is 28.8 Å². The normalized spacial score (nSPS) is 21.8. The van der Waals surface area contributed by atoms with Gasteiger partial charge in [-0.05, 0) is 43.0 Å². The molecule has 1 amide bonds. The summed E-state index contributed by atoms with van der Waals surface area (Å²) in [6.07, 6.45) is 1.99. The summed E-state index contributed by atoms with van der Waals surface area (Å²) in [5.74, 6) is 0.525. The average Bonchev–Trinajstić information content (AvgIpc) is 2.36. The zero-order valence-electron chi connectivity index (χ0n) is 10.3. The van der Waals surface area contributed by atoms with Crippen molar-refractivity contribution in [3.63, 3.8) is 0 Å². The lowest BCUT2D eigenvalue weighted by molar-refractivity contribution is 0.0747. The van der Waals surface area contributed by atoms with Crippen LogP contribution in [0.4, 0.5) is 0 Å². The number of rotatable bonds is 3. The number of hydrogen-bond donors (Lipinski definition) is 0. The second-order valence-electron chi connectivity index (χ2n) is 4.81. The maximum Gasteiger partial charge on any atom is 0.253 e. The summed E-state index contributed by atoms with van der Waals surface area (Å²) in [7, 11) is 1.81. The summed E-state index contributed by atoms with van der Waals surface area (Å²) in [4.78, 5) is 13.8. The number of carbonyl (C=O) groups excluding carboxylic acids is 1. The van der Waals surface area contributed by atoms with Crippen LogP contribution in [-0.4, -0.2) is 29.8 Å². The maximum atomic E-state index is 12.1. The molecule has 0 saturated heterocycles. The molecule has 1 fully saturated rings. The van der Waals surface area contributed by atoms with Gasteiger partial charge in [-0.2, -0.15) is 5.26 Å². The highest BCUT2D eigenvalue weighted by atomic mass is 35.5. The van der Waals surface area contributed by atoms with Crippen molar-refractivity contribution in [3.8, 4) is 6.07 Å². The van der Waals surface area contributed by atoms with Crippen molar-refractivity contribution < 1.29 is 4.79 Å². The van der Waals surface area contributed by atoms with E-state index in [4.69, 9.17) is 16.9 Å². The standard InChI is InChI=1S/C14H15ClN2O/c1-17(9-11-6-13(15)7-11)14(18)12-4-2-10(8-16)3-5-12/h2-5,11,13H,6-7,9H2,1H3. The van der Waals surface area contributed by atoms with E-state index in [-0.39, 0.29) is 11.3 Å². The lowest BCUT2D eigenvalue weighted by Gasteiger charge is -2.34. The monoisotopic (exact) mass is 262 g/mol. The van der Waals surface area contributed by atoms with Crippen LogP contribution in [-0.2, 0) is 0 Å². The summed E-state index contributed by atoms with van der Waals surface area (Å²) in [5.41, 5.74) is 1.19. The van der Waals surface area contributed by atoms with E-state index in [1.807, 2.05) is 13.1 Å². The Morgan fingerprint density at radius 3 is 2.56 bits per heavy atom. The minimum absolute atomic E-state index is 0.00230. The Kier molecular flexibility index (Phi) is 3.88. The van der Waals surface area contributed by atoms with Gasteiger partial charge in [0.05, 0.1) is 11.6 Å². The number of benzene rings is 1. The minimum Gasteiger partial charge on any atom is -0.341 e. The molecule has 0 atom stereocenters. The molecule has 3 nitrogen and oxygen atoms in total. The fourth-order valence-electron chi connectivity index (χ4n) is 2.18. The predicted octanol–water partition coefficient (Wildman–Crippen LogP) is 2.65. The molecule has 4 heteroatoms. The zero-order valence-corrected chi connectivity index (χ0v) is 11.0. The summed E-state index contributed by atoms with van der Waals surface area (Å²) in [6.45, 7) is 0.752.